The van der Waals surface area contributed by atoms with E-state index >= 15 is 0 Å². The molecule has 4 heterocycles. The molecule has 4 aliphatic heterocycles. The number of hydrogen-bond donors (Lipinski definition) is 0. The minimum atomic E-state index is 0.422. The second kappa shape index (κ2) is 15.5. The van der Waals surface area contributed by atoms with Crippen LogP contribution in [0.15, 0.2) is 48.5 Å². The van der Waals surface area contributed by atoms with E-state index in [1.807, 2.05) is 12.1 Å². The lowest BCUT2D eigenvalue weighted by molar-refractivity contribution is 0.157. The smallest absolute Gasteiger partial charge is 0.165 e. The number of rotatable bonds is 8. The van der Waals surface area contributed by atoms with E-state index in [1.54, 1.807) is 42.7 Å². The molecule has 8 rings (SSSR count). The normalized spacial score (nSPS) is 18.5. The van der Waals surface area contributed by atoms with Gasteiger partial charge in [-0.2, -0.15) is 0 Å². The van der Waals surface area contributed by atoms with Crippen LogP contribution in [0, 0.1) is 12.8 Å². The van der Waals surface area contributed by atoms with Crippen LogP contribution >= 0.6 is 0 Å². The highest BCUT2D eigenvalue weighted by molar-refractivity contribution is 5.55. The van der Waals surface area contributed by atoms with Crippen molar-refractivity contribution in [2.45, 2.75) is 78.0 Å². The fourth-order valence-corrected chi connectivity index (χ4v) is 9.21. The van der Waals surface area contributed by atoms with Crippen molar-refractivity contribution in [3.8, 4) is 34.5 Å². The molecule has 0 aliphatic carbocycles. The summed E-state index contributed by atoms with van der Waals surface area (Å²) in [7, 11) is 10.4. The second-order valence-corrected chi connectivity index (χ2v) is 15.2. The second-order valence-electron chi connectivity index (χ2n) is 15.2. The average molecular weight is 721 g/mol. The first-order valence-corrected chi connectivity index (χ1v) is 19.0. The van der Waals surface area contributed by atoms with Gasteiger partial charge >= 0.3 is 0 Å². The maximum atomic E-state index is 5.72. The average Bonchev–Trinajstić information content (AvgIpc) is 3.17. The Bertz CT molecular complexity index is 1970. The fraction of sp³-hybridized carbons (Fsp3) is 0.467. The van der Waals surface area contributed by atoms with Crippen molar-refractivity contribution >= 4 is 0 Å². The van der Waals surface area contributed by atoms with Gasteiger partial charge < -0.3 is 28.4 Å². The summed E-state index contributed by atoms with van der Waals surface area (Å²) in [6.45, 7) is 10.6. The van der Waals surface area contributed by atoms with Crippen LogP contribution in [0.2, 0.25) is 0 Å². The van der Waals surface area contributed by atoms with Gasteiger partial charge in [-0.25, -0.2) is 0 Å². The molecule has 8 heteroatoms. The highest BCUT2D eigenvalue weighted by Crippen LogP contribution is 2.46. The largest absolute Gasteiger partial charge is 0.496 e. The molecule has 0 amide bonds. The van der Waals surface area contributed by atoms with Crippen molar-refractivity contribution in [3.63, 3.8) is 0 Å². The Kier molecular flexibility index (Phi) is 10.8. The molecule has 0 N–H and O–H groups in total. The Hall–Kier alpha value is -4.40. The third-order valence-electron chi connectivity index (χ3n) is 11.8. The minimum absolute atomic E-state index is 0.422. The predicted molar refractivity (Wildman–Crippen MR) is 209 cm³/mol. The number of benzene rings is 4. The van der Waals surface area contributed by atoms with E-state index in [1.165, 1.54) is 55.6 Å². The van der Waals surface area contributed by atoms with Crippen molar-refractivity contribution < 1.29 is 28.4 Å². The highest BCUT2D eigenvalue weighted by Gasteiger charge is 2.36. The van der Waals surface area contributed by atoms with Crippen molar-refractivity contribution in [1.29, 1.82) is 0 Å². The summed E-state index contributed by atoms with van der Waals surface area (Å²) in [5.41, 5.74) is 13.6. The van der Waals surface area contributed by atoms with Crippen molar-refractivity contribution in [2.24, 2.45) is 5.92 Å². The lowest BCUT2D eigenvalue weighted by Crippen LogP contribution is -2.39. The van der Waals surface area contributed by atoms with E-state index in [0.717, 1.165) is 92.8 Å². The first kappa shape index (κ1) is 36.9. The molecule has 282 valence electrons. The van der Waals surface area contributed by atoms with Crippen LogP contribution in [-0.2, 0) is 45.2 Å². The lowest BCUT2D eigenvalue weighted by atomic mass is 9.82. The van der Waals surface area contributed by atoms with Gasteiger partial charge in [0.15, 0.2) is 23.0 Å². The van der Waals surface area contributed by atoms with Gasteiger partial charge in [-0.05, 0) is 114 Å². The predicted octanol–water partition coefficient (Wildman–Crippen LogP) is 8.24. The zero-order valence-corrected chi connectivity index (χ0v) is 33.1. The molecule has 0 spiro atoms. The van der Waals surface area contributed by atoms with E-state index in [2.05, 4.69) is 67.0 Å². The first-order chi connectivity index (χ1) is 25.7. The van der Waals surface area contributed by atoms with E-state index in [9.17, 15) is 0 Å². The van der Waals surface area contributed by atoms with Gasteiger partial charge in [0.1, 0.15) is 11.5 Å². The first-order valence-electron chi connectivity index (χ1n) is 19.0. The lowest BCUT2D eigenvalue weighted by Gasteiger charge is -2.42. The van der Waals surface area contributed by atoms with Crippen LogP contribution in [-0.4, -0.2) is 65.5 Å². The zero-order chi connectivity index (χ0) is 37.4. The Balaban J connectivity index is 0.000000165. The molecule has 0 unspecified atom stereocenters. The molecule has 0 saturated heterocycles. The molecule has 0 fully saturated rings. The molecule has 2 atom stereocenters. The Morgan fingerprint density at radius 3 is 1.49 bits per heavy atom. The van der Waals surface area contributed by atoms with Gasteiger partial charge in [-0.3, -0.25) is 9.80 Å². The van der Waals surface area contributed by atoms with Gasteiger partial charge in [0.05, 0.1) is 42.7 Å². The summed E-state index contributed by atoms with van der Waals surface area (Å²) in [6, 6.07) is 18.6. The summed E-state index contributed by atoms with van der Waals surface area (Å²) < 4.78 is 33.6. The molecule has 53 heavy (non-hydrogen) atoms. The highest BCUT2D eigenvalue weighted by atomic mass is 16.5. The van der Waals surface area contributed by atoms with Gasteiger partial charge in [-0.15, -0.1) is 0 Å². The zero-order valence-electron chi connectivity index (χ0n) is 33.1. The van der Waals surface area contributed by atoms with Crippen LogP contribution in [0.25, 0.3) is 0 Å². The van der Waals surface area contributed by atoms with Crippen LogP contribution in [0.1, 0.15) is 81.6 Å². The Morgan fingerprint density at radius 2 is 1.04 bits per heavy atom. The van der Waals surface area contributed by atoms with Crippen LogP contribution in [0.5, 0.6) is 34.5 Å². The molecular weight excluding hydrogens is 665 g/mol. The molecule has 4 aromatic carbocycles. The Labute approximate surface area is 315 Å². The van der Waals surface area contributed by atoms with E-state index < -0.39 is 0 Å². The summed E-state index contributed by atoms with van der Waals surface area (Å²) in [4.78, 5) is 5.16. The standard InChI is InChI=1S/C24H31NO3.C21H25NO3/c1-15(2)10-18-11-19-17(13-23(18)27-4)8-9-25-14-20-16(12-21(19)25)6-7-22(26-3)24(20)28-5;1-13-9-16-15(11-20(13)24-3)7-8-22-12-17-14(10-18(16)22)5-6-19(23-2)21(17)25-4/h6-7,11,13,15,21H,8-10,12,14H2,1-5H3;5-6,9,11,18H,7-8,10,12H2,1-4H3/t21-;18-/m00/s1. The van der Waals surface area contributed by atoms with Gasteiger partial charge in [0.25, 0.3) is 0 Å². The molecule has 8 nitrogen and oxygen atoms in total. The molecule has 0 saturated carbocycles. The maximum absolute atomic E-state index is 5.72. The Morgan fingerprint density at radius 1 is 0.566 bits per heavy atom. The SMILES string of the molecule is COc1cc2c(cc1C)[C@@H]1Cc3ccc(OC)c(OC)c3CN1CC2.COc1cc2c(cc1CC(C)C)[C@@H]1Cc3ccc(OC)c(OC)c3CN1CC2. The monoisotopic (exact) mass is 720 g/mol. The summed E-state index contributed by atoms with van der Waals surface area (Å²) in [6.07, 6.45) is 5.19. The van der Waals surface area contributed by atoms with E-state index in [0.29, 0.717) is 18.0 Å². The number of nitrogens with zero attached hydrogens (tertiary/aromatic N) is 2. The minimum Gasteiger partial charge on any atom is -0.496 e. The molecule has 0 bridgehead atoms. The summed E-state index contributed by atoms with van der Waals surface area (Å²) in [5.74, 6) is 6.06. The number of aryl methyl sites for hydroxylation is 1. The molecule has 4 aromatic rings. The van der Waals surface area contributed by atoms with E-state index in [-0.39, 0.29) is 0 Å². The number of ether oxygens (including phenoxy) is 6. The van der Waals surface area contributed by atoms with Crippen LogP contribution in [0.3, 0.4) is 0 Å². The third-order valence-corrected chi connectivity index (χ3v) is 11.8. The maximum Gasteiger partial charge on any atom is 0.165 e. The number of hydrogen-bond acceptors (Lipinski definition) is 8. The van der Waals surface area contributed by atoms with Crippen molar-refractivity contribution in [3.05, 3.63) is 104 Å². The van der Waals surface area contributed by atoms with E-state index in [4.69, 9.17) is 28.4 Å². The van der Waals surface area contributed by atoms with Crippen molar-refractivity contribution in [2.75, 3.05) is 55.7 Å². The van der Waals surface area contributed by atoms with Crippen LogP contribution < -0.4 is 28.4 Å². The summed E-state index contributed by atoms with van der Waals surface area (Å²) >= 11 is 0. The molecule has 4 aliphatic rings. The van der Waals surface area contributed by atoms with Gasteiger partial charge in [0.2, 0.25) is 0 Å². The molecule has 0 aromatic heterocycles. The molecule has 0 radical (unpaired) electrons. The molecular formula is C45H56N2O6. The summed E-state index contributed by atoms with van der Waals surface area (Å²) in [5, 5.41) is 0. The number of methoxy groups -OCH3 is 6. The number of fused-ring (bicyclic) bond motifs is 8. The quantitative estimate of drug-likeness (QED) is 0.181. The third kappa shape index (κ3) is 6.92. The van der Waals surface area contributed by atoms with Gasteiger partial charge in [0, 0.05) is 49.4 Å². The fourth-order valence-electron chi connectivity index (χ4n) is 9.21. The van der Waals surface area contributed by atoms with Gasteiger partial charge in [-0.1, -0.05) is 38.1 Å². The van der Waals surface area contributed by atoms with Crippen LogP contribution in [0.4, 0.5) is 0 Å². The topological polar surface area (TPSA) is 61.9 Å². The van der Waals surface area contributed by atoms with Crippen molar-refractivity contribution in [1.82, 2.24) is 9.80 Å².